The molecule has 4 fully saturated rings. The van der Waals surface area contributed by atoms with Crippen LogP contribution in [0.25, 0.3) is 5.69 Å². The van der Waals surface area contributed by atoms with E-state index in [1.807, 2.05) is 29.9 Å². The predicted molar refractivity (Wildman–Crippen MR) is 95.6 cm³/mol. The van der Waals surface area contributed by atoms with Gasteiger partial charge < -0.3 is 0 Å². The summed E-state index contributed by atoms with van der Waals surface area (Å²) < 4.78 is 3.95. The van der Waals surface area contributed by atoms with E-state index in [1.54, 1.807) is 0 Å². The van der Waals surface area contributed by atoms with Gasteiger partial charge in [-0.25, -0.2) is 4.68 Å². The minimum atomic E-state index is 0.160. The van der Waals surface area contributed by atoms with Crippen LogP contribution in [0.4, 0.5) is 0 Å². The van der Waals surface area contributed by atoms with Crippen molar-refractivity contribution in [2.24, 2.45) is 24.8 Å². The molecule has 0 amide bonds. The van der Waals surface area contributed by atoms with Crippen molar-refractivity contribution in [3.05, 3.63) is 51.9 Å². The molecule has 0 N–H and O–H groups in total. The number of rotatable bonds is 2. The highest BCUT2D eigenvalue weighted by atomic mass is 16.1. The van der Waals surface area contributed by atoms with Gasteiger partial charge in [-0.2, -0.15) is 0 Å². The van der Waals surface area contributed by atoms with E-state index in [9.17, 15) is 4.79 Å². The third-order valence-corrected chi connectivity index (χ3v) is 7.06. The van der Waals surface area contributed by atoms with Crippen LogP contribution in [0, 0.1) is 24.7 Å². The Morgan fingerprint density at radius 3 is 2.04 bits per heavy atom. The number of hydrogen-bond acceptors (Lipinski definition) is 1. The van der Waals surface area contributed by atoms with Gasteiger partial charge in [0.05, 0.1) is 5.69 Å². The molecule has 24 heavy (non-hydrogen) atoms. The molecule has 4 aliphatic rings. The number of hydrogen-bond donors (Lipinski definition) is 0. The van der Waals surface area contributed by atoms with Gasteiger partial charge >= 0.3 is 0 Å². The van der Waals surface area contributed by atoms with E-state index in [1.165, 1.54) is 38.5 Å². The molecular formula is C21H26N2O. The molecule has 1 aromatic carbocycles. The Labute approximate surface area is 143 Å². The van der Waals surface area contributed by atoms with Gasteiger partial charge in [0.2, 0.25) is 0 Å². The highest BCUT2D eigenvalue weighted by molar-refractivity contribution is 5.39. The lowest BCUT2D eigenvalue weighted by Gasteiger charge is -2.56. The Hall–Kier alpha value is -1.77. The summed E-state index contributed by atoms with van der Waals surface area (Å²) in [5.41, 5.74) is 3.78. The maximum atomic E-state index is 13.2. The minimum absolute atomic E-state index is 0.160. The van der Waals surface area contributed by atoms with E-state index >= 15 is 0 Å². The van der Waals surface area contributed by atoms with Gasteiger partial charge in [0.1, 0.15) is 0 Å². The molecule has 0 atom stereocenters. The first-order chi connectivity index (χ1) is 11.6. The molecular weight excluding hydrogens is 296 g/mol. The van der Waals surface area contributed by atoms with Crippen LogP contribution in [-0.2, 0) is 12.5 Å². The summed E-state index contributed by atoms with van der Waals surface area (Å²) in [4.78, 5) is 13.2. The van der Waals surface area contributed by atoms with Gasteiger partial charge in [-0.15, -0.1) is 0 Å². The first kappa shape index (κ1) is 14.6. The summed E-state index contributed by atoms with van der Waals surface area (Å²) in [5.74, 6) is 2.58. The second-order valence-electron chi connectivity index (χ2n) is 8.63. The van der Waals surface area contributed by atoms with Crippen molar-refractivity contribution in [2.45, 2.75) is 50.9 Å². The van der Waals surface area contributed by atoms with Gasteiger partial charge in [-0.3, -0.25) is 9.48 Å². The molecule has 0 spiro atoms. The average Bonchev–Trinajstić information content (AvgIpc) is 2.77. The van der Waals surface area contributed by atoms with E-state index < -0.39 is 0 Å². The largest absolute Gasteiger partial charge is 0.270 e. The Morgan fingerprint density at radius 2 is 1.50 bits per heavy atom. The van der Waals surface area contributed by atoms with E-state index in [0.29, 0.717) is 0 Å². The maximum absolute atomic E-state index is 13.2. The zero-order chi connectivity index (χ0) is 16.5. The number of para-hydroxylation sites is 1. The topological polar surface area (TPSA) is 26.9 Å². The molecule has 6 rings (SSSR count). The van der Waals surface area contributed by atoms with Crippen LogP contribution in [0.3, 0.4) is 0 Å². The molecule has 4 bridgehead atoms. The normalized spacial score (nSPS) is 34.0. The molecule has 1 heterocycles. The zero-order valence-electron chi connectivity index (χ0n) is 14.7. The van der Waals surface area contributed by atoms with Crippen LogP contribution in [0.2, 0.25) is 0 Å². The molecule has 4 aliphatic carbocycles. The van der Waals surface area contributed by atoms with Crippen molar-refractivity contribution < 1.29 is 0 Å². The van der Waals surface area contributed by atoms with Crippen LogP contribution in [-0.4, -0.2) is 9.36 Å². The third kappa shape index (κ3) is 1.87. The fraction of sp³-hybridized carbons (Fsp3) is 0.571. The summed E-state index contributed by atoms with van der Waals surface area (Å²) in [5, 5.41) is 0. The lowest BCUT2D eigenvalue weighted by atomic mass is 9.48. The van der Waals surface area contributed by atoms with Crippen molar-refractivity contribution in [1.82, 2.24) is 9.36 Å². The highest BCUT2D eigenvalue weighted by Crippen LogP contribution is 2.60. The Kier molecular flexibility index (Phi) is 2.96. The van der Waals surface area contributed by atoms with Gasteiger partial charge in [0, 0.05) is 23.7 Å². The fourth-order valence-corrected chi connectivity index (χ4v) is 6.70. The predicted octanol–water partition coefficient (Wildman–Crippen LogP) is 3.95. The number of aromatic nitrogens is 2. The standard InChI is InChI=1S/C21H26N2O/c1-14-19(20(24)22(2)23(14)18-6-4-3-5-7-18)21-11-15-8-16(12-21)10-17(9-15)13-21/h3-7,15-17H,8-13H2,1-2H3. The van der Waals surface area contributed by atoms with E-state index in [-0.39, 0.29) is 11.0 Å². The second-order valence-corrected chi connectivity index (χ2v) is 8.63. The van der Waals surface area contributed by atoms with E-state index in [2.05, 4.69) is 23.7 Å². The first-order valence-electron chi connectivity index (χ1n) is 9.42. The Bertz CT molecular complexity index is 807. The summed E-state index contributed by atoms with van der Waals surface area (Å²) >= 11 is 0. The fourth-order valence-electron chi connectivity index (χ4n) is 6.70. The molecule has 0 unspecified atom stereocenters. The van der Waals surface area contributed by atoms with Gasteiger partial charge in [0.25, 0.3) is 5.56 Å². The second kappa shape index (κ2) is 4.87. The van der Waals surface area contributed by atoms with Crippen LogP contribution in [0.5, 0.6) is 0 Å². The SMILES string of the molecule is Cc1c(C23CC4CC(CC(C4)C2)C3)c(=O)n(C)n1-c1ccccc1. The van der Waals surface area contributed by atoms with Crippen molar-refractivity contribution in [3.63, 3.8) is 0 Å². The molecule has 0 radical (unpaired) electrons. The molecule has 0 saturated heterocycles. The van der Waals surface area contributed by atoms with Crippen molar-refractivity contribution in [3.8, 4) is 5.69 Å². The van der Waals surface area contributed by atoms with E-state index in [0.717, 1.165) is 34.7 Å². The molecule has 0 aliphatic heterocycles. The average molecular weight is 322 g/mol. The smallest absolute Gasteiger partial charge is 0.267 e. The number of nitrogens with zero attached hydrogens (tertiary/aromatic N) is 2. The van der Waals surface area contributed by atoms with Gasteiger partial charge in [-0.1, -0.05) is 18.2 Å². The summed E-state index contributed by atoms with van der Waals surface area (Å²) in [6.45, 7) is 2.16. The Morgan fingerprint density at radius 1 is 0.958 bits per heavy atom. The van der Waals surface area contributed by atoms with Crippen LogP contribution < -0.4 is 5.56 Å². The monoisotopic (exact) mass is 322 g/mol. The quantitative estimate of drug-likeness (QED) is 0.822. The van der Waals surface area contributed by atoms with Crippen molar-refractivity contribution >= 4 is 0 Å². The van der Waals surface area contributed by atoms with Crippen LogP contribution in [0.1, 0.15) is 49.8 Å². The molecule has 4 saturated carbocycles. The zero-order valence-corrected chi connectivity index (χ0v) is 14.7. The molecule has 2 aromatic rings. The van der Waals surface area contributed by atoms with Gasteiger partial charge in [-0.05, 0) is 75.3 Å². The molecule has 126 valence electrons. The number of benzene rings is 1. The molecule has 3 nitrogen and oxygen atoms in total. The van der Waals surface area contributed by atoms with E-state index in [4.69, 9.17) is 0 Å². The Balaban J connectivity index is 1.69. The molecule has 3 heteroatoms. The third-order valence-electron chi connectivity index (χ3n) is 7.06. The highest BCUT2D eigenvalue weighted by Gasteiger charge is 2.53. The lowest BCUT2D eigenvalue weighted by molar-refractivity contribution is -0.00598. The van der Waals surface area contributed by atoms with Crippen LogP contribution in [0.15, 0.2) is 35.1 Å². The maximum Gasteiger partial charge on any atom is 0.270 e. The molecule has 1 aromatic heterocycles. The van der Waals surface area contributed by atoms with Gasteiger partial charge in [0.15, 0.2) is 0 Å². The minimum Gasteiger partial charge on any atom is -0.267 e. The summed E-state index contributed by atoms with van der Waals surface area (Å²) in [7, 11) is 1.92. The van der Waals surface area contributed by atoms with Crippen molar-refractivity contribution in [1.29, 1.82) is 0 Å². The van der Waals surface area contributed by atoms with Crippen molar-refractivity contribution in [2.75, 3.05) is 0 Å². The summed E-state index contributed by atoms with van der Waals surface area (Å²) in [6, 6.07) is 10.3. The summed E-state index contributed by atoms with van der Waals surface area (Å²) in [6.07, 6.45) is 7.98. The van der Waals surface area contributed by atoms with Crippen LogP contribution >= 0.6 is 0 Å². The lowest BCUT2D eigenvalue weighted by Crippen LogP contribution is -2.50. The first-order valence-corrected chi connectivity index (χ1v) is 9.42.